The van der Waals surface area contributed by atoms with E-state index >= 15 is 0 Å². The maximum absolute atomic E-state index is 12.3. The van der Waals surface area contributed by atoms with Crippen LogP contribution in [0.3, 0.4) is 0 Å². The van der Waals surface area contributed by atoms with Crippen LogP contribution in [0.1, 0.15) is 39.2 Å². The van der Waals surface area contributed by atoms with Crippen LogP contribution in [0.15, 0.2) is 12.1 Å². The third kappa shape index (κ3) is 4.79. The number of ether oxygens (including phenoxy) is 1. The van der Waals surface area contributed by atoms with Gasteiger partial charge < -0.3 is 10.1 Å². The van der Waals surface area contributed by atoms with Gasteiger partial charge in [0, 0.05) is 5.02 Å². The minimum Gasteiger partial charge on any atom is -0.479 e. The summed E-state index contributed by atoms with van der Waals surface area (Å²) in [5.41, 5.74) is -0.250. The molecule has 4 nitrogen and oxygen atoms in total. The zero-order chi connectivity index (χ0) is 16.9. The van der Waals surface area contributed by atoms with E-state index in [1.165, 1.54) is 0 Å². The van der Waals surface area contributed by atoms with Gasteiger partial charge in [-0.15, -0.1) is 0 Å². The van der Waals surface area contributed by atoms with Crippen molar-refractivity contribution in [2.45, 2.75) is 52.2 Å². The SMILES string of the molecule is CCCC(Oc1ccc(Cl)c(C)c1Cl)C(=O)NC(C)(C)C#N. The van der Waals surface area contributed by atoms with Gasteiger partial charge in [0.25, 0.3) is 5.91 Å². The highest BCUT2D eigenvalue weighted by molar-refractivity contribution is 6.36. The molecule has 6 heteroatoms. The molecular weight excluding hydrogens is 323 g/mol. The number of amides is 1. The normalized spacial score (nSPS) is 12.4. The number of carbonyl (C=O) groups excluding carboxylic acids is 1. The monoisotopic (exact) mass is 342 g/mol. The molecule has 0 aliphatic rings. The minimum atomic E-state index is -0.952. The Hall–Kier alpha value is -1.44. The van der Waals surface area contributed by atoms with Gasteiger partial charge in [-0.05, 0) is 44.9 Å². The Kier molecular flexibility index (Phi) is 6.52. The first-order valence-electron chi connectivity index (χ1n) is 7.06. The summed E-state index contributed by atoms with van der Waals surface area (Å²) >= 11 is 12.2. The van der Waals surface area contributed by atoms with E-state index in [9.17, 15) is 4.79 Å². The molecule has 22 heavy (non-hydrogen) atoms. The molecule has 0 spiro atoms. The molecule has 0 radical (unpaired) electrons. The molecule has 0 bridgehead atoms. The maximum Gasteiger partial charge on any atom is 0.262 e. The van der Waals surface area contributed by atoms with Crippen molar-refractivity contribution in [3.05, 3.63) is 27.7 Å². The largest absolute Gasteiger partial charge is 0.479 e. The van der Waals surface area contributed by atoms with Gasteiger partial charge in [0.2, 0.25) is 0 Å². The number of nitriles is 1. The van der Waals surface area contributed by atoms with Crippen LogP contribution in [0.25, 0.3) is 0 Å². The lowest BCUT2D eigenvalue weighted by Gasteiger charge is -2.24. The van der Waals surface area contributed by atoms with Gasteiger partial charge in [-0.3, -0.25) is 4.79 Å². The third-order valence-corrected chi connectivity index (χ3v) is 3.99. The Morgan fingerprint density at radius 3 is 2.64 bits per heavy atom. The van der Waals surface area contributed by atoms with Crippen molar-refractivity contribution in [3.63, 3.8) is 0 Å². The van der Waals surface area contributed by atoms with Crippen molar-refractivity contribution in [3.8, 4) is 11.8 Å². The fraction of sp³-hybridized carbons (Fsp3) is 0.500. The Bertz CT molecular complexity index is 595. The summed E-state index contributed by atoms with van der Waals surface area (Å²) in [6, 6.07) is 5.35. The van der Waals surface area contributed by atoms with Gasteiger partial charge in [0.1, 0.15) is 11.3 Å². The molecule has 0 saturated heterocycles. The molecule has 1 amide bonds. The van der Waals surface area contributed by atoms with Crippen LogP contribution in [-0.4, -0.2) is 17.6 Å². The van der Waals surface area contributed by atoms with Gasteiger partial charge in [0.15, 0.2) is 6.10 Å². The highest BCUT2D eigenvalue weighted by Crippen LogP contribution is 2.33. The van der Waals surface area contributed by atoms with Gasteiger partial charge in [-0.25, -0.2) is 0 Å². The fourth-order valence-electron chi connectivity index (χ4n) is 1.80. The summed E-state index contributed by atoms with van der Waals surface area (Å²) in [7, 11) is 0. The predicted octanol–water partition coefficient (Wildman–Crippen LogP) is 4.27. The van der Waals surface area contributed by atoms with Crippen molar-refractivity contribution in [1.29, 1.82) is 5.26 Å². The topological polar surface area (TPSA) is 62.1 Å². The van der Waals surface area contributed by atoms with E-state index in [0.29, 0.717) is 27.8 Å². The van der Waals surface area contributed by atoms with E-state index in [0.717, 1.165) is 6.42 Å². The average molecular weight is 343 g/mol. The number of nitrogens with one attached hydrogen (secondary N) is 1. The molecule has 0 fully saturated rings. The molecule has 1 aromatic rings. The van der Waals surface area contributed by atoms with E-state index in [2.05, 4.69) is 5.32 Å². The van der Waals surface area contributed by atoms with Crippen LogP contribution < -0.4 is 10.1 Å². The van der Waals surface area contributed by atoms with E-state index in [1.807, 2.05) is 13.0 Å². The van der Waals surface area contributed by atoms with Gasteiger partial charge >= 0.3 is 0 Å². The first kappa shape index (κ1) is 18.6. The molecule has 0 aliphatic carbocycles. The van der Waals surface area contributed by atoms with Gasteiger partial charge in [0.05, 0.1) is 11.1 Å². The number of hydrogen-bond acceptors (Lipinski definition) is 3. The first-order chi connectivity index (χ1) is 10.2. The number of halogens is 2. The molecule has 120 valence electrons. The lowest BCUT2D eigenvalue weighted by molar-refractivity contribution is -0.129. The summed E-state index contributed by atoms with van der Waals surface area (Å²) in [5.74, 6) is 0.0731. The summed E-state index contributed by atoms with van der Waals surface area (Å²) in [4.78, 5) is 12.3. The molecule has 1 N–H and O–H groups in total. The Morgan fingerprint density at radius 1 is 1.45 bits per heavy atom. The highest BCUT2D eigenvalue weighted by Gasteiger charge is 2.27. The molecule has 1 unspecified atom stereocenters. The maximum atomic E-state index is 12.3. The molecule has 1 atom stereocenters. The summed E-state index contributed by atoms with van der Waals surface area (Å²) in [6.45, 7) is 7.00. The van der Waals surface area contributed by atoms with Crippen LogP contribution in [0.4, 0.5) is 0 Å². The van der Waals surface area contributed by atoms with Crippen molar-refractivity contribution in [1.82, 2.24) is 5.32 Å². The molecule has 0 aromatic heterocycles. The molecule has 1 rings (SSSR count). The quantitative estimate of drug-likeness (QED) is 0.839. The first-order valence-corrected chi connectivity index (χ1v) is 7.82. The zero-order valence-electron chi connectivity index (χ0n) is 13.2. The Balaban J connectivity index is 2.96. The molecular formula is C16H20Cl2N2O2. The third-order valence-electron chi connectivity index (χ3n) is 3.11. The number of rotatable bonds is 6. The predicted molar refractivity (Wildman–Crippen MR) is 88.4 cm³/mol. The Morgan fingerprint density at radius 2 is 2.09 bits per heavy atom. The highest BCUT2D eigenvalue weighted by atomic mass is 35.5. The fourth-order valence-corrected chi connectivity index (χ4v) is 2.22. The number of nitrogens with zero attached hydrogens (tertiary/aromatic N) is 1. The molecule has 1 aromatic carbocycles. The zero-order valence-corrected chi connectivity index (χ0v) is 14.7. The minimum absolute atomic E-state index is 0.336. The van der Waals surface area contributed by atoms with E-state index < -0.39 is 11.6 Å². The molecule has 0 aliphatic heterocycles. The summed E-state index contributed by atoms with van der Waals surface area (Å²) in [5, 5.41) is 12.6. The van der Waals surface area contributed by atoms with Crippen molar-refractivity contribution < 1.29 is 9.53 Å². The second-order valence-corrected chi connectivity index (χ2v) is 6.39. The number of carbonyl (C=O) groups is 1. The van der Waals surface area contributed by atoms with Crippen LogP contribution in [0.2, 0.25) is 10.0 Å². The second-order valence-electron chi connectivity index (χ2n) is 5.61. The van der Waals surface area contributed by atoms with Crippen LogP contribution >= 0.6 is 23.2 Å². The average Bonchev–Trinajstić information content (AvgIpc) is 2.46. The van der Waals surface area contributed by atoms with Crippen LogP contribution in [-0.2, 0) is 4.79 Å². The lowest BCUT2D eigenvalue weighted by Crippen LogP contribution is -2.48. The number of hydrogen-bond donors (Lipinski definition) is 1. The van der Waals surface area contributed by atoms with E-state index in [4.69, 9.17) is 33.2 Å². The lowest BCUT2D eigenvalue weighted by atomic mass is 10.1. The van der Waals surface area contributed by atoms with Crippen LogP contribution in [0, 0.1) is 18.3 Å². The smallest absolute Gasteiger partial charge is 0.262 e. The molecule has 0 heterocycles. The van der Waals surface area contributed by atoms with Crippen molar-refractivity contribution >= 4 is 29.1 Å². The summed E-state index contributed by atoms with van der Waals surface area (Å²) in [6.07, 6.45) is 0.566. The number of benzene rings is 1. The Labute approximate surface area is 141 Å². The van der Waals surface area contributed by atoms with Crippen molar-refractivity contribution in [2.75, 3.05) is 0 Å². The summed E-state index contributed by atoms with van der Waals surface area (Å²) < 4.78 is 5.76. The second kappa shape index (κ2) is 7.71. The van der Waals surface area contributed by atoms with E-state index in [-0.39, 0.29) is 5.91 Å². The van der Waals surface area contributed by atoms with E-state index in [1.54, 1.807) is 32.9 Å². The molecule has 0 saturated carbocycles. The van der Waals surface area contributed by atoms with Gasteiger partial charge in [-0.2, -0.15) is 5.26 Å². The van der Waals surface area contributed by atoms with Crippen molar-refractivity contribution in [2.24, 2.45) is 0 Å². The van der Waals surface area contributed by atoms with Gasteiger partial charge in [-0.1, -0.05) is 36.5 Å². The standard InChI is InChI=1S/C16H20Cl2N2O2/c1-5-6-13(15(21)20-16(3,4)9-19)22-12-8-7-11(17)10(2)14(12)18/h7-8,13H,5-6H2,1-4H3,(H,20,21). The van der Waals surface area contributed by atoms with Crippen LogP contribution in [0.5, 0.6) is 5.75 Å².